The first-order valence-electron chi connectivity index (χ1n) is 21.0. The van der Waals surface area contributed by atoms with Gasteiger partial charge in [0.25, 0.3) is 11.8 Å². The molecule has 0 radical (unpaired) electrons. The van der Waals surface area contributed by atoms with Crippen LogP contribution in [-0.2, 0) is 29.6 Å². The second kappa shape index (κ2) is 15.1. The summed E-state index contributed by atoms with van der Waals surface area (Å²) in [5.74, 6) is -0.0349. The topological polar surface area (TPSA) is 161 Å². The second-order valence-corrected chi connectivity index (χ2v) is 17.1. The Balaban J connectivity index is 0.711. The number of rotatable bonds is 9. The van der Waals surface area contributed by atoms with E-state index in [0.717, 1.165) is 115 Å². The van der Waals surface area contributed by atoms with Crippen molar-refractivity contribution >= 4 is 63.5 Å². The highest BCUT2D eigenvalue weighted by Crippen LogP contribution is 2.34. The summed E-state index contributed by atoms with van der Waals surface area (Å²) in [4.78, 5) is 68.7. The number of nitrogens with zero attached hydrogens (tertiary/aromatic N) is 8. The molecule has 15 nitrogen and oxygen atoms in total. The van der Waals surface area contributed by atoms with Crippen LogP contribution in [0.1, 0.15) is 68.7 Å². The molecule has 1 atom stereocenters. The van der Waals surface area contributed by atoms with E-state index < -0.39 is 23.8 Å². The highest BCUT2D eigenvalue weighted by atomic mass is 16.2. The van der Waals surface area contributed by atoms with Gasteiger partial charge in [-0.3, -0.25) is 39.2 Å². The van der Waals surface area contributed by atoms with E-state index in [1.54, 1.807) is 16.8 Å². The fourth-order valence-electron chi connectivity index (χ4n) is 9.74. The lowest BCUT2D eigenvalue weighted by Crippen LogP contribution is -2.61. The molecule has 0 aliphatic carbocycles. The van der Waals surface area contributed by atoms with Crippen molar-refractivity contribution in [3.8, 4) is 0 Å². The van der Waals surface area contributed by atoms with Crippen LogP contribution in [0, 0.1) is 19.8 Å². The van der Waals surface area contributed by atoms with E-state index in [0.29, 0.717) is 29.0 Å². The number of carbonyl (C=O) groups excluding carboxylic acids is 4. The Labute approximate surface area is 348 Å². The van der Waals surface area contributed by atoms with Crippen LogP contribution >= 0.6 is 0 Å². The smallest absolute Gasteiger partial charge is 0.262 e. The summed E-state index contributed by atoms with van der Waals surface area (Å²) in [6.07, 6.45) is 5.24. The maximum atomic E-state index is 13.4. The fraction of sp³-hybridized carbons (Fsp3) is 0.400. The number of hydrogen-bond acceptors (Lipinski definition) is 12. The van der Waals surface area contributed by atoms with Gasteiger partial charge in [0.1, 0.15) is 6.04 Å². The number of amides is 4. The van der Waals surface area contributed by atoms with Crippen molar-refractivity contribution in [2.75, 3.05) is 54.8 Å². The molecule has 0 bridgehead atoms. The molecule has 4 amide bonds. The minimum atomic E-state index is -0.959. The number of aromatic nitrogens is 4. The highest BCUT2D eigenvalue weighted by Gasteiger charge is 2.45. The first kappa shape index (κ1) is 38.0. The molecule has 3 aromatic carbocycles. The summed E-state index contributed by atoms with van der Waals surface area (Å²) < 4.78 is 1.79. The molecule has 0 saturated carbocycles. The lowest BCUT2D eigenvalue weighted by Gasteiger charge is -2.48. The van der Waals surface area contributed by atoms with Gasteiger partial charge in [0.05, 0.1) is 16.5 Å². The molecular weight excluding hydrogens is 759 g/mol. The summed E-state index contributed by atoms with van der Waals surface area (Å²) >= 11 is 0. The SMILES string of the molecule is Cc1cccc(C)c1Nc1nn(C)c2nc(Nc3ccc4c(c3)CN(C3CN(CC5CCN(c6ccc7c(c6)C(=O)N(C6CCC(=O)NC6=O)C7=O)CC5)C3)CC4)ncc12. The monoisotopic (exact) mass is 807 g/mol. The first-order chi connectivity index (χ1) is 29.1. The third-order valence-electron chi connectivity index (χ3n) is 13.2. The lowest BCUT2D eigenvalue weighted by atomic mass is 9.92. The predicted octanol–water partition coefficient (Wildman–Crippen LogP) is 4.83. The van der Waals surface area contributed by atoms with Gasteiger partial charge < -0.3 is 15.5 Å². The third kappa shape index (κ3) is 6.94. The number of para-hydroxylation sites is 1. The number of imide groups is 2. The largest absolute Gasteiger partial charge is 0.371 e. The lowest BCUT2D eigenvalue weighted by molar-refractivity contribution is -0.136. The van der Waals surface area contributed by atoms with Crippen molar-refractivity contribution in [3.05, 3.63) is 94.2 Å². The summed E-state index contributed by atoms with van der Waals surface area (Å²) in [5.41, 5.74) is 9.40. The van der Waals surface area contributed by atoms with Gasteiger partial charge in [-0.2, -0.15) is 10.1 Å². The van der Waals surface area contributed by atoms with E-state index in [9.17, 15) is 19.2 Å². The third-order valence-corrected chi connectivity index (χ3v) is 13.2. The normalized spacial score (nSPS) is 20.4. The number of hydrogen-bond donors (Lipinski definition) is 3. The van der Waals surface area contributed by atoms with Gasteiger partial charge in [0.15, 0.2) is 11.5 Å². The molecule has 0 spiro atoms. The molecule has 3 N–H and O–H groups in total. The van der Waals surface area contributed by atoms with Crippen LogP contribution in [0.15, 0.2) is 60.8 Å². The van der Waals surface area contributed by atoms with Crippen LogP contribution in [0.4, 0.5) is 28.8 Å². The fourth-order valence-corrected chi connectivity index (χ4v) is 9.74. The van der Waals surface area contributed by atoms with Crippen LogP contribution in [0.3, 0.4) is 0 Å². The van der Waals surface area contributed by atoms with Crippen molar-refractivity contribution in [1.29, 1.82) is 0 Å². The van der Waals surface area contributed by atoms with Crippen LogP contribution in [0.25, 0.3) is 11.0 Å². The first-order valence-corrected chi connectivity index (χ1v) is 21.0. The van der Waals surface area contributed by atoms with Crippen LogP contribution in [-0.4, -0.2) is 109 Å². The van der Waals surface area contributed by atoms with Gasteiger partial charge in [-0.05, 0) is 98.0 Å². The zero-order chi connectivity index (χ0) is 41.2. The zero-order valence-corrected chi connectivity index (χ0v) is 34.2. The molecule has 15 heteroatoms. The summed E-state index contributed by atoms with van der Waals surface area (Å²) in [5, 5.41) is 14.8. The predicted molar refractivity (Wildman–Crippen MR) is 228 cm³/mol. The second-order valence-electron chi connectivity index (χ2n) is 17.1. The Morgan fingerprint density at radius 3 is 2.40 bits per heavy atom. The van der Waals surface area contributed by atoms with Crippen molar-refractivity contribution in [2.24, 2.45) is 13.0 Å². The van der Waals surface area contributed by atoms with Gasteiger partial charge in [0, 0.05) is 88.6 Å². The molecule has 5 aromatic rings. The number of nitrogens with one attached hydrogen (secondary N) is 3. The molecule has 2 aromatic heterocycles. The molecule has 1 unspecified atom stereocenters. The van der Waals surface area contributed by atoms with E-state index in [1.807, 2.05) is 19.3 Å². The van der Waals surface area contributed by atoms with Gasteiger partial charge in [-0.25, -0.2) is 9.67 Å². The molecule has 3 fully saturated rings. The average Bonchev–Trinajstić information content (AvgIpc) is 3.67. The van der Waals surface area contributed by atoms with Crippen molar-refractivity contribution in [1.82, 2.24) is 39.8 Å². The van der Waals surface area contributed by atoms with Crippen molar-refractivity contribution in [3.63, 3.8) is 0 Å². The Bertz CT molecular complexity index is 2550. The standard InChI is InChI=1S/C45H49N11O4/c1-26-5-4-6-27(2)39(26)49-40-36-21-46-45(50-41(36)52(3)51-40)47-31-8-7-29-15-18-55(23-30(29)19-31)33-24-53(25-33)22-28-13-16-54(17-14-28)32-9-10-34-35(20-32)44(60)56(43(34)59)37-11-12-38(57)48-42(37)58/h4-10,19-21,28,33,37H,11-18,22-25H2,1-3H3,(H,49,51)(H,46,47,50)(H,48,57,58). The van der Waals surface area contributed by atoms with Gasteiger partial charge >= 0.3 is 0 Å². The summed E-state index contributed by atoms with van der Waals surface area (Å²) in [6, 6.07) is 17.8. The van der Waals surface area contributed by atoms with Gasteiger partial charge in [-0.1, -0.05) is 24.3 Å². The number of likely N-dealkylation sites (tertiary alicyclic amines) is 1. The van der Waals surface area contributed by atoms with Gasteiger partial charge in [-0.15, -0.1) is 0 Å². The number of carbonyl (C=O) groups is 4. The van der Waals surface area contributed by atoms with E-state index in [2.05, 4.69) is 85.9 Å². The maximum Gasteiger partial charge on any atom is 0.262 e. The van der Waals surface area contributed by atoms with E-state index >= 15 is 0 Å². The number of aryl methyl sites for hydroxylation is 3. The Morgan fingerprint density at radius 2 is 1.62 bits per heavy atom. The van der Waals surface area contributed by atoms with E-state index in [4.69, 9.17) is 10.1 Å². The Kier molecular flexibility index (Phi) is 9.59. The molecular formula is C45H49N11O4. The molecule has 5 aliphatic rings. The van der Waals surface area contributed by atoms with Gasteiger partial charge in [0.2, 0.25) is 17.8 Å². The minimum absolute atomic E-state index is 0.104. The molecule has 10 rings (SSSR count). The van der Waals surface area contributed by atoms with Crippen molar-refractivity contribution < 1.29 is 19.2 Å². The molecule has 5 aliphatic heterocycles. The Morgan fingerprint density at radius 1 is 0.833 bits per heavy atom. The molecule has 60 heavy (non-hydrogen) atoms. The number of benzene rings is 3. The summed E-state index contributed by atoms with van der Waals surface area (Å²) in [7, 11) is 1.91. The molecule has 7 heterocycles. The molecule has 308 valence electrons. The zero-order valence-electron chi connectivity index (χ0n) is 34.2. The number of fused-ring (bicyclic) bond motifs is 3. The number of anilines is 5. The maximum absolute atomic E-state index is 13.4. The average molecular weight is 808 g/mol. The number of piperidine rings is 2. The summed E-state index contributed by atoms with van der Waals surface area (Å²) in [6.45, 7) is 11.2. The van der Waals surface area contributed by atoms with Crippen molar-refractivity contribution in [2.45, 2.75) is 64.6 Å². The quantitative estimate of drug-likeness (QED) is 0.175. The van der Waals surface area contributed by atoms with E-state index in [1.165, 1.54) is 11.1 Å². The van der Waals surface area contributed by atoms with Crippen LogP contribution in [0.2, 0.25) is 0 Å². The Hall–Kier alpha value is -6.19. The van der Waals surface area contributed by atoms with Crippen LogP contribution in [0.5, 0.6) is 0 Å². The molecule has 3 saturated heterocycles. The minimum Gasteiger partial charge on any atom is -0.371 e. The van der Waals surface area contributed by atoms with Crippen LogP contribution < -0.4 is 20.9 Å². The van der Waals surface area contributed by atoms with E-state index in [-0.39, 0.29) is 18.7 Å². The highest BCUT2D eigenvalue weighted by molar-refractivity contribution is 6.23.